The second-order valence-electron chi connectivity index (χ2n) is 5.49. The zero-order chi connectivity index (χ0) is 17.8. The second kappa shape index (κ2) is 8.13. The Hall–Kier alpha value is -1.69. The lowest BCUT2D eigenvalue weighted by Gasteiger charge is -2.09. The maximum absolute atomic E-state index is 11.9. The van der Waals surface area contributed by atoms with Crippen molar-refractivity contribution in [1.29, 1.82) is 0 Å². The molecule has 0 bridgehead atoms. The van der Waals surface area contributed by atoms with E-state index in [1.165, 1.54) is 0 Å². The van der Waals surface area contributed by atoms with Crippen LogP contribution in [-0.4, -0.2) is 15.7 Å². The van der Waals surface area contributed by atoms with Crippen LogP contribution in [0.5, 0.6) is 0 Å². The van der Waals surface area contributed by atoms with Crippen LogP contribution < -0.4 is 5.32 Å². The van der Waals surface area contributed by atoms with Gasteiger partial charge in [-0.05, 0) is 30.7 Å². The van der Waals surface area contributed by atoms with Gasteiger partial charge in [-0.3, -0.25) is 4.79 Å². The van der Waals surface area contributed by atoms with Crippen LogP contribution in [0.15, 0.2) is 53.9 Å². The fourth-order valence-electron chi connectivity index (χ4n) is 2.26. The van der Waals surface area contributed by atoms with Gasteiger partial charge in [0, 0.05) is 27.2 Å². The number of nitrogens with zero attached hydrogens (tertiary/aromatic N) is 1. The first-order valence-corrected chi connectivity index (χ1v) is 10.0. The monoisotopic (exact) mass is 434 g/mol. The van der Waals surface area contributed by atoms with Crippen LogP contribution in [0.1, 0.15) is 13.3 Å². The number of carbonyl (C=O) groups excluding carboxylic acids is 1. The van der Waals surface area contributed by atoms with Crippen LogP contribution in [0.25, 0.3) is 21.8 Å². The molecule has 1 atom stereocenters. The summed E-state index contributed by atoms with van der Waals surface area (Å²) < 4.78 is 0. The summed E-state index contributed by atoms with van der Waals surface area (Å²) in [6.45, 7) is 1.96. The maximum atomic E-state index is 11.9. The van der Waals surface area contributed by atoms with Gasteiger partial charge < -0.3 is 5.32 Å². The Morgan fingerprint density at radius 3 is 2.44 bits per heavy atom. The Bertz CT molecular complexity index is 862. The highest BCUT2D eigenvalue weighted by Gasteiger charge is 2.12. The third-order valence-corrected chi connectivity index (χ3v) is 5.89. The van der Waals surface area contributed by atoms with E-state index in [1.54, 1.807) is 11.3 Å². The molecule has 1 N–H and O–H groups in total. The standard InChI is InChI=1S/C19H16BrClN2OS/c1-2-16(20)18(24)22-15-9-5-12(6-10-15)17-11-25-19(23-17)13-3-7-14(21)8-4-13/h3-11,16H,2H2,1H3,(H,22,24). The lowest BCUT2D eigenvalue weighted by Crippen LogP contribution is -2.21. The molecular formula is C19H16BrClN2OS. The highest BCUT2D eigenvalue weighted by molar-refractivity contribution is 9.10. The van der Waals surface area contributed by atoms with Gasteiger partial charge in [-0.25, -0.2) is 4.98 Å². The fraction of sp³-hybridized carbons (Fsp3) is 0.158. The van der Waals surface area contributed by atoms with Crippen molar-refractivity contribution in [3.63, 3.8) is 0 Å². The third kappa shape index (κ3) is 4.48. The van der Waals surface area contributed by atoms with Gasteiger partial charge in [0.1, 0.15) is 5.01 Å². The molecule has 0 radical (unpaired) electrons. The molecule has 3 aromatic rings. The smallest absolute Gasteiger partial charge is 0.238 e. The molecule has 0 spiro atoms. The molecule has 25 heavy (non-hydrogen) atoms. The minimum atomic E-state index is -0.173. The van der Waals surface area contributed by atoms with E-state index >= 15 is 0 Å². The quantitative estimate of drug-likeness (QED) is 0.482. The van der Waals surface area contributed by atoms with Gasteiger partial charge in [-0.15, -0.1) is 11.3 Å². The van der Waals surface area contributed by atoms with Crippen LogP contribution in [0.3, 0.4) is 0 Å². The lowest BCUT2D eigenvalue weighted by atomic mass is 10.1. The van der Waals surface area contributed by atoms with E-state index in [1.807, 2.05) is 60.8 Å². The van der Waals surface area contributed by atoms with E-state index in [9.17, 15) is 4.79 Å². The fourth-order valence-corrected chi connectivity index (χ4v) is 3.34. The minimum Gasteiger partial charge on any atom is -0.325 e. The molecule has 128 valence electrons. The van der Waals surface area contributed by atoms with Gasteiger partial charge in [0.15, 0.2) is 0 Å². The number of rotatable bonds is 5. The molecule has 0 aliphatic heterocycles. The van der Waals surface area contributed by atoms with Crippen molar-refractivity contribution < 1.29 is 4.79 Å². The van der Waals surface area contributed by atoms with Gasteiger partial charge in [0.25, 0.3) is 0 Å². The van der Waals surface area contributed by atoms with Crippen molar-refractivity contribution >= 4 is 50.5 Å². The molecule has 6 heteroatoms. The molecule has 1 unspecified atom stereocenters. The number of anilines is 1. The van der Waals surface area contributed by atoms with Crippen molar-refractivity contribution in [1.82, 2.24) is 4.98 Å². The zero-order valence-electron chi connectivity index (χ0n) is 13.5. The third-order valence-electron chi connectivity index (χ3n) is 3.69. The van der Waals surface area contributed by atoms with Crippen molar-refractivity contribution in [3.05, 3.63) is 58.9 Å². The molecule has 1 amide bonds. The van der Waals surface area contributed by atoms with Crippen molar-refractivity contribution in [3.8, 4) is 21.8 Å². The average Bonchev–Trinajstić information content (AvgIpc) is 3.12. The molecule has 3 nitrogen and oxygen atoms in total. The Morgan fingerprint density at radius 2 is 1.80 bits per heavy atom. The van der Waals surface area contributed by atoms with Crippen LogP contribution in [0.2, 0.25) is 5.02 Å². The minimum absolute atomic E-state index is 0.0334. The van der Waals surface area contributed by atoms with Gasteiger partial charge in [0.05, 0.1) is 10.5 Å². The van der Waals surface area contributed by atoms with E-state index in [0.717, 1.165) is 33.9 Å². The summed E-state index contributed by atoms with van der Waals surface area (Å²) in [5.74, 6) is -0.0334. The summed E-state index contributed by atoms with van der Waals surface area (Å²) in [6.07, 6.45) is 0.746. The van der Waals surface area contributed by atoms with Gasteiger partial charge in [-0.2, -0.15) is 0 Å². The van der Waals surface area contributed by atoms with Crippen molar-refractivity contribution in [2.45, 2.75) is 18.2 Å². The van der Waals surface area contributed by atoms with Crippen LogP contribution in [0.4, 0.5) is 5.69 Å². The van der Waals surface area contributed by atoms with E-state index in [-0.39, 0.29) is 10.7 Å². The van der Waals surface area contributed by atoms with E-state index in [4.69, 9.17) is 16.6 Å². The van der Waals surface area contributed by atoms with Crippen LogP contribution in [0, 0.1) is 0 Å². The number of amides is 1. The van der Waals surface area contributed by atoms with Crippen molar-refractivity contribution in [2.75, 3.05) is 5.32 Å². The largest absolute Gasteiger partial charge is 0.325 e. The topological polar surface area (TPSA) is 42.0 Å². The first-order valence-electron chi connectivity index (χ1n) is 7.83. The molecule has 0 aliphatic carbocycles. The van der Waals surface area contributed by atoms with E-state index in [0.29, 0.717) is 5.02 Å². The lowest BCUT2D eigenvalue weighted by molar-refractivity contribution is -0.115. The molecule has 0 fully saturated rings. The number of aromatic nitrogens is 1. The average molecular weight is 436 g/mol. The molecular weight excluding hydrogens is 420 g/mol. The molecule has 0 saturated carbocycles. The summed E-state index contributed by atoms with van der Waals surface area (Å²) >= 11 is 10.9. The number of alkyl halides is 1. The predicted molar refractivity (Wildman–Crippen MR) is 110 cm³/mol. The second-order valence-corrected chi connectivity index (χ2v) is 7.89. The van der Waals surface area contributed by atoms with Crippen molar-refractivity contribution in [2.24, 2.45) is 0 Å². The Kier molecular flexibility index (Phi) is 5.89. The van der Waals surface area contributed by atoms with Crippen LogP contribution >= 0.6 is 38.9 Å². The van der Waals surface area contributed by atoms with Crippen LogP contribution in [-0.2, 0) is 4.79 Å². The molecule has 3 rings (SSSR count). The van der Waals surface area contributed by atoms with Gasteiger partial charge in [0.2, 0.25) is 5.91 Å². The molecule has 1 heterocycles. The number of halogens is 2. The van der Waals surface area contributed by atoms with Gasteiger partial charge >= 0.3 is 0 Å². The Balaban J connectivity index is 1.75. The van der Waals surface area contributed by atoms with E-state index < -0.39 is 0 Å². The Morgan fingerprint density at radius 1 is 1.16 bits per heavy atom. The normalized spacial score (nSPS) is 12.0. The number of carbonyl (C=O) groups is 1. The molecule has 0 aliphatic rings. The highest BCUT2D eigenvalue weighted by Crippen LogP contribution is 2.30. The highest BCUT2D eigenvalue weighted by atomic mass is 79.9. The summed E-state index contributed by atoms with van der Waals surface area (Å²) in [7, 11) is 0. The summed E-state index contributed by atoms with van der Waals surface area (Å²) in [6, 6.07) is 15.4. The SMILES string of the molecule is CCC(Br)C(=O)Nc1ccc(-c2csc(-c3ccc(Cl)cc3)n2)cc1. The summed E-state index contributed by atoms with van der Waals surface area (Å²) in [5, 5.41) is 6.59. The summed E-state index contributed by atoms with van der Waals surface area (Å²) in [4.78, 5) is 16.4. The molecule has 0 saturated heterocycles. The zero-order valence-corrected chi connectivity index (χ0v) is 16.7. The first-order chi connectivity index (χ1) is 12.1. The predicted octanol–water partition coefficient (Wildman–Crippen LogP) is 6.24. The molecule has 1 aromatic heterocycles. The number of nitrogens with one attached hydrogen (secondary N) is 1. The number of hydrogen-bond acceptors (Lipinski definition) is 3. The number of thiazole rings is 1. The number of hydrogen-bond donors (Lipinski definition) is 1. The summed E-state index contributed by atoms with van der Waals surface area (Å²) in [5.41, 5.74) is 3.76. The first kappa shape index (κ1) is 18.1. The van der Waals surface area contributed by atoms with Gasteiger partial charge in [-0.1, -0.05) is 58.7 Å². The maximum Gasteiger partial charge on any atom is 0.238 e. The Labute approximate surface area is 164 Å². The molecule has 2 aromatic carbocycles. The number of benzene rings is 2. The van der Waals surface area contributed by atoms with E-state index in [2.05, 4.69) is 21.2 Å².